The van der Waals surface area contributed by atoms with Gasteiger partial charge in [0.25, 0.3) is 0 Å². The Kier molecular flexibility index (Phi) is 28.5. The summed E-state index contributed by atoms with van der Waals surface area (Å²) in [5.74, 6) is 6.02. The van der Waals surface area contributed by atoms with Crippen LogP contribution in [0.4, 0.5) is 10.1 Å². The zero-order chi connectivity index (χ0) is 46.1. The van der Waals surface area contributed by atoms with Crippen LogP contribution < -0.4 is 32.4 Å². The van der Waals surface area contributed by atoms with Gasteiger partial charge in [-0.15, -0.1) is 0 Å². The summed E-state index contributed by atoms with van der Waals surface area (Å²) in [5, 5.41) is 9.98. The van der Waals surface area contributed by atoms with E-state index in [2.05, 4.69) is 27.6 Å². The summed E-state index contributed by atoms with van der Waals surface area (Å²) >= 11 is 0. The number of hydrazine groups is 1. The molecule has 1 aliphatic rings. The topological polar surface area (TPSA) is 200 Å². The van der Waals surface area contributed by atoms with Crippen molar-refractivity contribution in [2.45, 2.75) is 71.4 Å². The highest BCUT2D eigenvalue weighted by Gasteiger charge is 2.28. The lowest BCUT2D eigenvalue weighted by molar-refractivity contribution is -0.125. The smallest absolute Gasteiger partial charge is 0.234 e. The average Bonchev–Trinajstić information content (AvgIpc) is 3.28. The number of rotatable bonds is 26. The Bertz CT molecular complexity index is 1800. The van der Waals surface area contributed by atoms with Crippen LogP contribution in [0.1, 0.15) is 80.5 Å². The highest BCUT2D eigenvalue weighted by Crippen LogP contribution is 2.36. The normalized spacial score (nSPS) is 12.8. The van der Waals surface area contributed by atoms with Crippen LogP contribution in [0.5, 0.6) is 0 Å². The Morgan fingerprint density at radius 1 is 0.794 bits per heavy atom. The number of amides is 3. The highest BCUT2D eigenvalue weighted by molar-refractivity contribution is 6.01. The van der Waals surface area contributed by atoms with Crippen LogP contribution in [0.15, 0.2) is 72.8 Å². The van der Waals surface area contributed by atoms with Gasteiger partial charge in [-0.1, -0.05) is 87.2 Å². The van der Waals surface area contributed by atoms with Gasteiger partial charge in [0.05, 0.1) is 76.4 Å². The molecule has 0 aromatic heterocycles. The molecule has 7 N–H and O–H groups in total. The predicted molar refractivity (Wildman–Crippen MR) is 245 cm³/mol. The van der Waals surface area contributed by atoms with Crippen LogP contribution in [0.3, 0.4) is 0 Å². The van der Waals surface area contributed by atoms with Crippen molar-refractivity contribution in [3.05, 3.63) is 101 Å². The number of fused-ring (bicyclic) bond motifs is 2. The quantitative estimate of drug-likeness (QED) is 0.0316. The number of benzene rings is 3. The molecule has 0 radical (unpaired) electrons. The molecule has 15 nitrogen and oxygen atoms in total. The number of aldehydes is 1. The molecule has 1 heterocycles. The van der Waals surface area contributed by atoms with E-state index in [0.717, 1.165) is 35.8 Å². The second-order valence-electron chi connectivity index (χ2n) is 14.5. The van der Waals surface area contributed by atoms with E-state index in [-0.39, 0.29) is 36.4 Å². The third kappa shape index (κ3) is 21.6. The summed E-state index contributed by atoms with van der Waals surface area (Å²) in [4.78, 5) is 49.2. The van der Waals surface area contributed by atoms with E-state index in [1.807, 2.05) is 48.5 Å². The first-order valence-electron chi connectivity index (χ1n) is 21.6. The van der Waals surface area contributed by atoms with Crippen molar-refractivity contribution < 1.29 is 42.5 Å². The summed E-state index contributed by atoms with van der Waals surface area (Å²) in [6.45, 7) is 6.62. The van der Waals surface area contributed by atoms with Gasteiger partial charge >= 0.3 is 0 Å². The van der Waals surface area contributed by atoms with Crippen molar-refractivity contribution >= 4 is 41.1 Å². The summed E-state index contributed by atoms with van der Waals surface area (Å²) in [5.41, 5.74) is 11.9. The van der Waals surface area contributed by atoms with Gasteiger partial charge in [0, 0.05) is 57.7 Å². The molecule has 63 heavy (non-hydrogen) atoms. The number of nitrogens with zero attached hydrogens (tertiary/aromatic N) is 2. The van der Waals surface area contributed by atoms with Gasteiger partial charge in [0.15, 0.2) is 0 Å². The monoisotopic (exact) mass is 880 g/mol. The fourth-order valence-electron chi connectivity index (χ4n) is 6.26. The second kappa shape index (κ2) is 33.3. The van der Waals surface area contributed by atoms with Gasteiger partial charge in [-0.3, -0.25) is 14.4 Å². The maximum Gasteiger partial charge on any atom is 0.234 e. The number of unbranched alkanes of at least 4 members (excludes halogenated alkanes) is 4. The van der Waals surface area contributed by atoms with E-state index in [1.165, 1.54) is 31.4 Å². The van der Waals surface area contributed by atoms with E-state index in [4.69, 9.17) is 25.8 Å². The predicted octanol–water partition coefficient (Wildman–Crippen LogP) is 4.92. The summed E-state index contributed by atoms with van der Waals surface area (Å²) < 4.78 is 33.3. The van der Waals surface area contributed by atoms with Gasteiger partial charge in [-0.2, -0.15) is 0 Å². The molecule has 0 bridgehead atoms. The largest absolute Gasteiger partial charge is 0.396 e. The summed E-state index contributed by atoms with van der Waals surface area (Å²) in [7, 11) is 4.96. The molecule has 0 aliphatic carbocycles. The van der Waals surface area contributed by atoms with E-state index >= 15 is 0 Å². The minimum absolute atomic E-state index is 0.0724. The fraction of sp³-hybridized carbons (Fsp3) is 0.489. The van der Waals surface area contributed by atoms with Gasteiger partial charge in [0.1, 0.15) is 12.1 Å². The van der Waals surface area contributed by atoms with E-state index in [0.29, 0.717) is 101 Å². The molecule has 0 spiro atoms. The fourth-order valence-corrected chi connectivity index (χ4v) is 6.26. The van der Waals surface area contributed by atoms with Crippen molar-refractivity contribution in [1.29, 1.82) is 0 Å². The molecule has 0 saturated heterocycles. The number of hydrogen-bond acceptors (Lipinski definition) is 12. The molecular formula is C47H70FN7O8. The SMILES string of the molecule is CCCCCCCNC(=O)CCC(=O)N1Cc2ccccc2/C(N(N)CCOCCOCCOCCC=O)=C(/N)c2ccccc21.CNCC(=O)NCc1ccc(F)cc1.COC. The number of nitrogens with one attached hydrogen (secondary N) is 3. The van der Waals surface area contributed by atoms with E-state index in [1.54, 1.807) is 43.3 Å². The zero-order valence-corrected chi connectivity index (χ0v) is 37.6. The Labute approximate surface area is 373 Å². The first-order chi connectivity index (χ1) is 30.6. The van der Waals surface area contributed by atoms with E-state index < -0.39 is 0 Å². The van der Waals surface area contributed by atoms with Crippen LogP contribution in [-0.2, 0) is 51.2 Å². The van der Waals surface area contributed by atoms with Gasteiger partial charge in [0.2, 0.25) is 17.7 Å². The molecule has 0 atom stereocenters. The lowest BCUT2D eigenvalue weighted by Crippen LogP contribution is -2.38. The van der Waals surface area contributed by atoms with Crippen LogP contribution in [-0.4, -0.2) is 110 Å². The number of nitrogens with two attached hydrogens (primary N) is 2. The number of likely N-dealkylation sites (N-methyl/N-ethyl adjacent to an activating group) is 1. The molecule has 1 aliphatic heterocycles. The number of halogens is 1. The van der Waals surface area contributed by atoms with Gasteiger partial charge in [-0.25, -0.2) is 10.2 Å². The number of para-hydroxylation sites is 1. The van der Waals surface area contributed by atoms with Crippen molar-refractivity contribution in [2.24, 2.45) is 11.6 Å². The van der Waals surface area contributed by atoms with Crippen molar-refractivity contribution in [3.63, 3.8) is 0 Å². The first kappa shape index (κ1) is 53.9. The Hall–Kier alpha value is -5.23. The Morgan fingerprint density at radius 3 is 2.08 bits per heavy atom. The lowest BCUT2D eigenvalue weighted by atomic mass is 9.95. The molecule has 4 rings (SSSR count). The third-order valence-corrected chi connectivity index (χ3v) is 9.44. The number of carbonyl (C=O) groups is 4. The third-order valence-electron chi connectivity index (χ3n) is 9.44. The standard InChI is InChI=1S/C35H51N5O6.C10H13FN2O.C2H6O/c1-2-3-4-5-10-18-38-32(42)16-17-33(43)39-27-28-12-6-7-13-29(28)35(34(36)30-14-8-9-15-31(30)39)40(37)19-22-45-24-26-46-25-23-44-21-11-20-41;1-12-7-10(14)13-6-8-2-4-9(11)5-3-8;1-3-2/h6-9,12-15,20H,2-5,10-11,16-19,21-27,36-37H2,1H3,(H,38,42);2-5,12H,6-7H2,1H3,(H,13,14);1-2H3/b35-34-;;. The molecule has 16 heteroatoms. The zero-order valence-electron chi connectivity index (χ0n) is 37.6. The minimum atomic E-state index is -0.268. The summed E-state index contributed by atoms with van der Waals surface area (Å²) in [6.07, 6.45) is 7.03. The number of methoxy groups -OCH3 is 1. The number of anilines is 1. The van der Waals surface area contributed by atoms with Crippen molar-refractivity contribution in [3.8, 4) is 0 Å². The molecule has 0 fully saturated rings. The first-order valence-corrected chi connectivity index (χ1v) is 21.6. The maximum atomic E-state index is 13.6. The van der Waals surface area contributed by atoms with Crippen molar-refractivity contribution in [1.82, 2.24) is 21.0 Å². The lowest BCUT2D eigenvalue weighted by Gasteiger charge is -2.33. The number of carbonyl (C=O) groups excluding carboxylic acids is 4. The van der Waals surface area contributed by atoms with Crippen LogP contribution in [0.25, 0.3) is 11.4 Å². The molecular weight excluding hydrogens is 810 g/mol. The van der Waals surface area contributed by atoms with Crippen LogP contribution >= 0.6 is 0 Å². The summed E-state index contributed by atoms with van der Waals surface area (Å²) in [6, 6.07) is 21.3. The molecule has 348 valence electrons. The molecule has 0 unspecified atom stereocenters. The van der Waals surface area contributed by atoms with Crippen molar-refractivity contribution in [2.75, 3.05) is 85.4 Å². The maximum absolute atomic E-state index is 13.6. The molecule has 3 aromatic rings. The molecule has 3 aromatic carbocycles. The van der Waals surface area contributed by atoms with Crippen LogP contribution in [0, 0.1) is 5.82 Å². The van der Waals surface area contributed by atoms with E-state index in [9.17, 15) is 23.6 Å². The Balaban J connectivity index is 0.000000670. The number of ether oxygens (including phenoxy) is 4. The molecule has 3 amide bonds. The van der Waals surface area contributed by atoms with Gasteiger partial charge < -0.3 is 55.3 Å². The Morgan fingerprint density at radius 2 is 1.41 bits per heavy atom. The second-order valence-corrected chi connectivity index (χ2v) is 14.5. The molecule has 0 saturated carbocycles. The van der Waals surface area contributed by atoms with Crippen LogP contribution in [0.2, 0.25) is 0 Å². The average molecular weight is 880 g/mol. The van der Waals surface area contributed by atoms with Gasteiger partial charge in [-0.05, 0) is 42.8 Å². The number of hydrogen-bond donors (Lipinski definition) is 5. The highest BCUT2D eigenvalue weighted by atomic mass is 19.1. The minimum Gasteiger partial charge on any atom is -0.396 e.